The Hall–Kier alpha value is -1.09. The maximum Gasteiger partial charge on any atom is 0.309 e. The van der Waals surface area contributed by atoms with Crippen molar-refractivity contribution in [1.29, 1.82) is 0 Å². The minimum Gasteiger partial charge on any atom is -0.458 e. The van der Waals surface area contributed by atoms with Crippen LogP contribution < -0.4 is 0 Å². The molecule has 100 valence electrons. The molecule has 3 heteroatoms. The normalized spacial score (nSPS) is 37.8. The van der Waals surface area contributed by atoms with E-state index < -0.39 is 6.10 Å². The second kappa shape index (κ2) is 5.27. The fourth-order valence-electron chi connectivity index (χ4n) is 2.83. The quantitative estimate of drug-likeness (QED) is 0.531. The number of ether oxygens (including phenoxy) is 1. The smallest absolute Gasteiger partial charge is 0.309 e. The number of aliphatic hydroxyl groups excluding tert-OH is 1. The molecule has 1 aliphatic heterocycles. The van der Waals surface area contributed by atoms with Crippen LogP contribution in [0.25, 0.3) is 0 Å². The average molecular weight is 250 g/mol. The van der Waals surface area contributed by atoms with Crippen molar-refractivity contribution in [3.05, 3.63) is 23.8 Å². The van der Waals surface area contributed by atoms with Crippen LogP contribution in [0.4, 0.5) is 0 Å². The van der Waals surface area contributed by atoms with Crippen LogP contribution in [0.5, 0.6) is 0 Å². The Labute approximate surface area is 109 Å². The van der Waals surface area contributed by atoms with Gasteiger partial charge in [0.1, 0.15) is 6.10 Å². The van der Waals surface area contributed by atoms with Gasteiger partial charge < -0.3 is 9.84 Å². The van der Waals surface area contributed by atoms with E-state index in [-0.39, 0.29) is 23.9 Å². The maximum absolute atomic E-state index is 11.7. The lowest BCUT2D eigenvalue weighted by Crippen LogP contribution is -2.25. The summed E-state index contributed by atoms with van der Waals surface area (Å²) in [6.45, 7) is 7.92. The summed E-state index contributed by atoms with van der Waals surface area (Å²) in [6, 6.07) is 0. The lowest BCUT2D eigenvalue weighted by molar-refractivity contribution is -0.142. The molecule has 0 radical (unpaired) electrons. The summed E-state index contributed by atoms with van der Waals surface area (Å²) in [7, 11) is 0. The molecule has 0 bridgehead atoms. The number of fused-ring (bicyclic) bond motifs is 1. The van der Waals surface area contributed by atoms with E-state index in [4.69, 9.17) is 4.74 Å². The van der Waals surface area contributed by atoms with E-state index in [0.29, 0.717) is 6.42 Å². The fourth-order valence-corrected chi connectivity index (χ4v) is 2.83. The van der Waals surface area contributed by atoms with Gasteiger partial charge in [0.15, 0.2) is 0 Å². The molecule has 1 saturated heterocycles. The first-order valence-corrected chi connectivity index (χ1v) is 6.72. The molecule has 0 spiro atoms. The van der Waals surface area contributed by atoms with Gasteiger partial charge in [-0.3, -0.25) is 4.79 Å². The van der Waals surface area contributed by atoms with Crippen LogP contribution in [0.2, 0.25) is 0 Å². The highest BCUT2D eigenvalue weighted by Crippen LogP contribution is 2.35. The lowest BCUT2D eigenvalue weighted by atomic mass is 9.83. The van der Waals surface area contributed by atoms with E-state index in [9.17, 15) is 9.90 Å². The number of allylic oxidation sites excluding steroid dienone is 1. The standard InChI is InChI=1S/C15H22O3/c1-9-5-4-6-10(2)13(16)8-12-11(3)15(17)18-14(12)7-9/h7,11-14,16H,2,4-6,8H2,1,3H3. The van der Waals surface area contributed by atoms with Crippen LogP contribution in [-0.2, 0) is 9.53 Å². The van der Waals surface area contributed by atoms with E-state index in [0.717, 1.165) is 24.8 Å². The molecule has 1 fully saturated rings. The Bertz CT molecular complexity index is 383. The Morgan fingerprint density at radius 2 is 2.17 bits per heavy atom. The highest BCUT2D eigenvalue weighted by atomic mass is 16.6. The molecule has 2 aliphatic rings. The van der Waals surface area contributed by atoms with Gasteiger partial charge in [-0.25, -0.2) is 0 Å². The van der Waals surface area contributed by atoms with Crippen molar-refractivity contribution in [2.45, 2.75) is 51.7 Å². The maximum atomic E-state index is 11.7. The molecule has 0 saturated carbocycles. The molecule has 2 rings (SSSR count). The monoisotopic (exact) mass is 250 g/mol. The third-order valence-electron chi connectivity index (χ3n) is 4.17. The molecule has 1 heterocycles. The molecule has 0 aromatic carbocycles. The average Bonchev–Trinajstić information content (AvgIpc) is 2.56. The van der Waals surface area contributed by atoms with Crippen molar-refractivity contribution in [2.24, 2.45) is 11.8 Å². The lowest BCUT2D eigenvalue weighted by Gasteiger charge is -2.23. The van der Waals surface area contributed by atoms with Gasteiger partial charge >= 0.3 is 5.97 Å². The number of rotatable bonds is 0. The van der Waals surface area contributed by atoms with Gasteiger partial charge in [-0.1, -0.05) is 19.1 Å². The topological polar surface area (TPSA) is 46.5 Å². The summed E-state index contributed by atoms with van der Waals surface area (Å²) in [5, 5.41) is 10.1. The minimum atomic E-state index is -0.513. The Morgan fingerprint density at radius 1 is 1.44 bits per heavy atom. The van der Waals surface area contributed by atoms with Crippen LogP contribution >= 0.6 is 0 Å². The molecule has 4 unspecified atom stereocenters. The number of esters is 1. The third kappa shape index (κ3) is 2.66. The number of hydrogen-bond acceptors (Lipinski definition) is 3. The Kier molecular flexibility index (Phi) is 3.91. The molecule has 1 N–H and O–H groups in total. The van der Waals surface area contributed by atoms with Crippen molar-refractivity contribution >= 4 is 5.97 Å². The summed E-state index contributed by atoms with van der Waals surface area (Å²) < 4.78 is 5.41. The van der Waals surface area contributed by atoms with Crippen LogP contribution in [0, 0.1) is 11.8 Å². The predicted octanol–water partition coefficient (Wildman–Crippen LogP) is 2.60. The van der Waals surface area contributed by atoms with Gasteiger partial charge in [0.05, 0.1) is 12.0 Å². The number of hydrogen-bond donors (Lipinski definition) is 1. The van der Waals surface area contributed by atoms with Gasteiger partial charge in [0.25, 0.3) is 0 Å². The highest BCUT2D eigenvalue weighted by Gasteiger charge is 2.41. The first-order chi connectivity index (χ1) is 8.49. The molecule has 0 amide bonds. The molecule has 1 aliphatic carbocycles. The van der Waals surface area contributed by atoms with Crippen molar-refractivity contribution in [3.8, 4) is 0 Å². The first-order valence-electron chi connectivity index (χ1n) is 6.72. The zero-order valence-corrected chi connectivity index (χ0v) is 11.2. The molecule has 18 heavy (non-hydrogen) atoms. The Morgan fingerprint density at radius 3 is 2.89 bits per heavy atom. The van der Waals surface area contributed by atoms with Crippen molar-refractivity contribution < 1.29 is 14.6 Å². The van der Waals surface area contributed by atoms with Gasteiger partial charge in [0, 0.05) is 5.92 Å². The minimum absolute atomic E-state index is 0.0669. The number of aliphatic hydroxyl groups is 1. The van der Waals surface area contributed by atoms with Crippen LogP contribution in [0.1, 0.15) is 39.5 Å². The highest BCUT2D eigenvalue weighted by molar-refractivity contribution is 5.75. The first kappa shape index (κ1) is 13.3. The zero-order chi connectivity index (χ0) is 13.3. The van der Waals surface area contributed by atoms with Crippen molar-refractivity contribution in [3.63, 3.8) is 0 Å². The predicted molar refractivity (Wildman–Crippen MR) is 69.9 cm³/mol. The molecule has 3 nitrogen and oxygen atoms in total. The van der Waals surface area contributed by atoms with Gasteiger partial charge in [-0.2, -0.15) is 0 Å². The number of carbonyl (C=O) groups excluding carboxylic acids is 1. The SMILES string of the molecule is C=C1CCCC(C)=CC2OC(=O)C(C)C2CC1O. The molecule has 0 aromatic heterocycles. The van der Waals surface area contributed by atoms with Crippen LogP contribution in [-0.4, -0.2) is 23.3 Å². The van der Waals surface area contributed by atoms with E-state index in [1.54, 1.807) is 0 Å². The second-order valence-electron chi connectivity index (χ2n) is 5.63. The molecular formula is C15H22O3. The summed E-state index contributed by atoms with van der Waals surface area (Å²) in [4.78, 5) is 11.7. The zero-order valence-electron chi connectivity index (χ0n) is 11.2. The van der Waals surface area contributed by atoms with E-state index in [2.05, 4.69) is 19.6 Å². The summed E-state index contributed by atoms with van der Waals surface area (Å²) in [5.74, 6) is -0.218. The van der Waals surface area contributed by atoms with E-state index in [1.807, 2.05) is 6.92 Å². The van der Waals surface area contributed by atoms with E-state index in [1.165, 1.54) is 5.57 Å². The van der Waals surface area contributed by atoms with Crippen molar-refractivity contribution in [2.75, 3.05) is 0 Å². The van der Waals surface area contributed by atoms with Gasteiger partial charge in [-0.15, -0.1) is 0 Å². The third-order valence-corrected chi connectivity index (χ3v) is 4.17. The molecule has 4 atom stereocenters. The van der Waals surface area contributed by atoms with Crippen molar-refractivity contribution in [1.82, 2.24) is 0 Å². The molecule has 0 aromatic rings. The summed E-state index contributed by atoms with van der Waals surface area (Å²) in [6.07, 6.45) is 4.77. The summed E-state index contributed by atoms with van der Waals surface area (Å²) >= 11 is 0. The number of carbonyl (C=O) groups is 1. The fraction of sp³-hybridized carbons (Fsp3) is 0.667. The van der Waals surface area contributed by atoms with Crippen LogP contribution in [0.15, 0.2) is 23.8 Å². The summed E-state index contributed by atoms with van der Waals surface area (Å²) in [5.41, 5.74) is 2.14. The Balaban J connectivity index is 2.24. The van der Waals surface area contributed by atoms with Gasteiger partial charge in [-0.05, 0) is 44.3 Å². The largest absolute Gasteiger partial charge is 0.458 e. The van der Waals surface area contributed by atoms with E-state index >= 15 is 0 Å². The van der Waals surface area contributed by atoms with Gasteiger partial charge in [0.2, 0.25) is 0 Å². The molecular weight excluding hydrogens is 228 g/mol. The second-order valence-corrected chi connectivity index (χ2v) is 5.63. The van der Waals surface area contributed by atoms with Crippen LogP contribution in [0.3, 0.4) is 0 Å².